The lowest BCUT2D eigenvalue weighted by molar-refractivity contribution is -0.143. The highest BCUT2D eigenvalue weighted by molar-refractivity contribution is 6.30. The van der Waals surface area contributed by atoms with E-state index in [0.717, 1.165) is 18.1 Å². The minimum Gasteiger partial charge on any atom is -0.481 e. The van der Waals surface area contributed by atoms with E-state index in [1.54, 1.807) is 0 Å². The lowest BCUT2D eigenvalue weighted by atomic mass is 9.90. The molecule has 1 aliphatic rings. The molecule has 1 N–H and O–H groups in total. The van der Waals surface area contributed by atoms with Gasteiger partial charge >= 0.3 is 5.97 Å². The third kappa shape index (κ3) is 4.52. The molecule has 0 aliphatic carbocycles. The number of nitrogens with zero attached hydrogens (tertiary/aromatic N) is 1. The molecule has 29 heavy (non-hydrogen) atoms. The van der Waals surface area contributed by atoms with E-state index in [4.69, 9.17) is 11.6 Å². The number of likely N-dealkylation sites (tertiary alicyclic amines) is 1. The Morgan fingerprint density at radius 2 is 1.34 bits per heavy atom. The molecule has 3 nitrogen and oxygen atoms in total. The van der Waals surface area contributed by atoms with Crippen LogP contribution in [0.5, 0.6) is 0 Å². The Bertz CT molecular complexity index is 946. The first-order chi connectivity index (χ1) is 14.1. The summed E-state index contributed by atoms with van der Waals surface area (Å²) in [4.78, 5) is 13.7. The van der Waals surface area contributed by atoms with Gasteiger partial charge in [0.25, 0.3) is 0 Å². The summed E-state index contributed by atoms with van der Waals surface area (Å²) in [7, 11) is 0. The quantitative estimate of drug-likeness (QED) is 0.575. The first-order valence-corrected chi connectivity index (χ1v) is 10.4. The van der Waals surface area contributed by atoms with E-state index in [1.165, 1.54) is 22.3 Å². The third-order valence-electron chi connectivity index (χ3n) is 5.76. The van der Waals surface area contributed by atoms with Crippen molar-refractivity contribution in [3.63, 3.8) is 0 Å². The summed E-state index contributed by atoms with van der Waals surface area (Å²) < 4.78 is 0. The maximum atomic E-state index is 11.3. The van der Waals surface area contributed by atoms with Crippen molar-refractivity contribution >= 4 is 17.6 Å². The number of aliphatic carboxylic acids is 1. The van der Waals surface area contributed by atoms with Gasteiger partial charge < -0.3 is 5.11 Å². The molecule has 1 saturated heterocycles. The van der Waals surface area contributed by atoms with Crippen molar-refractivity contribution in [1.82, 2.24) is 4.90 Å². The SMILES string of the molecule is O=C(O)C1CCN(C(c2ccc(Cl)cc2)c2ccc(-c3ccccc3)cc2)CC1. The summed E-state index contributed by atoms with van der Waals surface area (Å²) >= 11 is 6.11. The predicted molar refractivity (Wildman–Crippen MR) is 117 cm³/mol. The second-order valence-electron chi connectivity index (χ2n) is 7.59. The molecule has 1 heterocycles. The summed E-state index contributed by atoms with van der Waals surface area (Å²) in [6.45, 7) is 1.54. The van der Waals surface area contributed by atoms with Crippen LogP contribution in [0.15, 0.2) is 78.9 Å². The van der Waals surface area contributed by atoms with Gasteiger partial charge in [0.15, 0.2) is 0 Å². The maximum Gasteiger partial charge on any atom is 0.306 e. The monoisotopic (exact) mass is 405 g/mol. The van der Waals surface area contributed by atoms with Gasteiger partial charge in [-0.1, -0.05) is 78.3 Å². The average Bonchev–Trinajstić information content (AvgIpc) is 2.77. The second kappa shape index (κ2) is 8.81. The standard InChI is InChI=1S/C25H24ClNO2/c26-23-12-10-21(11-13-23)24(27-16-14-22(15-17-27)25(28)29)20-8-6-19(7-9-20)18-4-2-1-3-5-18/h1-13,22,24H,14-17H2,(H,28,29). The van der Waals surface area contributed by atoms with Crippen molar-refractivity contribution < 1.29 is 9.90 Å². The minimum atomic E-state index is -0.681. The Kier molecular flexibility index (Phi) is 5.98. The highest BCUT2D eigenvalue weighted by atomic mass is 35.5. The molecule has 4 heteroatoms. The van der Waals surface area contributed by atoms with Gasteiger partial charge in [-0.05, 0) is 60.3 Å². The lowest BCUT2D eigenvalue weighted by Crippen LogP contribution is -2.39. The Morgan fingerprint density at radius 3 is 1.90 bits per heavy atom. The molecule has 0 spiro atoms. The van der Waals surface area contributed by atoms with Crippen molar-refractivity contribution in [2.45, 2.75) is 18.9 Å². The van der Waals surface area contributed by atoms with Gasteiger partial charge in [-0.3, -0.25) is 9.69 Å². The van der Waals surface area contributed by atoms with Gasteiger partial charge in [-0.15, -0.1) is 0 Å². The normalized spacial score (nSPS) is 16.4. The van der Waals surface area contributed by atoms with Crippen molar-refractivity contribution in [2.24, 2.45) is 5.92 Å². The van der Waals surface area contributed by atoms with Gasteiger partial charge in [0.1, 0.15) is 0 Å². The molecule has 1 fully saturated rings. The molecular formula is C25H24ClNO2. The van der Waals surface area contributed by atoms with Crippen LogP contribution >= 0.6 is 11.6 Å². The number of rotatable bonds is 5. The molecule has 0 amide bonds. The van der Waals surface area contributed by atoms with E-state index in [0.29, 0.717) is 12.8 Å². The van der Waals surface area contributed by atoms with Crippen LogP contribution in [0.4, 0.5) is 0 Å². The minimum absolute atomic E-state index is 0.0897. The molecule has 0 aromatic heterocycles. The molecule has 3 aromatic rings. The molecule has 1 aliphatic heterocycles. The van der Waals surface area contributed by atoms with E-state index < -0.39 is 5.97 Å². The maximum absolute atomic E-state index is 11.3. The number of carboxylic acids is 1. The van der Waals surface area contributed by atoms with E-state index in [2.05, 4.69) is 53.4 Å². The number of benzene rings is 3. The Morgan fingerprint density at radius 1 is 0.828 bits per heavy atom. The third-order valence-corrected chi connectivity index (χ3v) is 6.02. The molecular weight excluding hydrogens is 382 g/mol. The van der Waals surface area contributed by atoms with Crippen LogP contribution in [0.1, 0.15) is 30.0 Å². The number of carbonyl (C=O) groups is 1. The van der Waals surface area contributed by atoms with Crippen LogP contribution in [0, 0.1) is 5.92 Å². The Hall–Kier alpha value is -2.62. The smallest absolute Gasteiger partial charge is 0.306 e. The molecule has 1 atom stereocenters. The number of hydrogen-bond acceptors (Lipinski definition) is 2. The topological polar surface area (TPSA) is 40.5 Å². The van der Waals surface area contributed by atoms with E-state index in [-0.39, 0.29) is 12.0 Å². The Labute approximate surface area is 176 Å². The van der Waals surface area contributed by atoms with Crippen molar-refractivity contribution in [2.75, 3.05) is 13.1 Å². The van der Waals surface area contributed by atoms with Crippen molar-refractivity contribution in [1.29, 1.82) is 0 Å². The highest BCUT2D eigenvalue weighted by Crippen LogP contribution is 2.34. The van der Waals surface area contributed by atoms with E-state index in [1.807, 2.05) is 30.3 Å². The van der Waals surface area contributed by atoms with Crippen LogP contribution in [0.2, 0.25) is 5.02 Å². The van der Waals surface area contributed by atoms with Crippen LogP contribution in [-0.2, 0) is 4.79 Å². The van der Waals surface area contributed by atoms with Gasteiger partial charge in [-0.25, -0.2) is 0 Å². The number of piperidine rings is 1. The summed E-state index contributed by atoms with van der Waals surface area (Å²) in [5.41, 5.74) is 4.77. The van der Waals surface area contributed by atoms with Crippen molar-refractivity contribution in [3.8, 4) is 11.1 Å². The fraction of sp³-hybridized carbons (Fsp3) is 0.240. The fourth-order valence-electron chi connectivity index (χ4n) is 4.15. The lowest BCUT2D eigenvalue weighted by Gasteiger charge is -2.37. The zero-order valence-corrected chi connectivity index (χ0v) is 16.9. The molecule has 1 unspecified atom stereocenters. The zero-order chi connectivity index (χ0) is 20.2. The van der Waals surface area contributed by atoms with Gasteiger partial charge in [0.05, 0.1) is 12.0 Å². The number of halogens is 1. The predicted octanol–water partition coefficient (Wildman–Crippen LogP) is 5.89. The zero-order valence-electron chi connectivity index (χ0n) is 16.2. The molecule has 4 rings (SSSR count). The van der Waals surface area contributed by atoms with Crippen LogP contribution < -0.4 is 0 Å². The van der Waals surface area contributed by atoms with Crippen LogP contribution in [0.3, 0.4) is 0 Å². The second-order valence-corrected chi connectivity index (χ2v) is 8.03. The van der Waals surface area contributed by atoms with Gasteiger partial charge in [0.2, 0.25) is 0 Å². The van der Waals surface area contributed by atoms with Crippen LogP contribution in [-0.4, -0.2) is 29.1 Å². The van der Waals surface area contributed by atoms with Gasteiger partial charge in [0, 0.05) is 5.02 Å². The van der Waals surface area contributed by atoms with E-state index >= 15 is 0 Å². The molecule has 0 radical (unpaired) electrons. The molecule has 3 aromatic carbocycles. The van der Waals surface area contributed by atoms with Gasteiger partial charge in [-0.2, -0.15) is 0 Å². The van der Waals surface area contributed by atoms with Crippen LogP contribution in [0.25, 0.3) is 11.1 Å². The summed E-state index contributed by atoms with van der Waals surface area (Å²) in [5.74, 6) is -0.919. The summed E-state index contributed by atoms with van der Waals surface area (Å²) in [5, 5.41) is 10.1. The number of hydrogen-bond donors (Lipinski definition) is 1. The van der Waals surface area contributed by atoms with E-state index in [9.17, 15) is 9.90 Å². The first-order valence-electron chi connectivity index (χ1n) is 9.99. The molecule has 148 valence electrons. The highest BCUT2D eigenvalue weighted by Gasteiger charge is 2.30. The summed E-state index contributed by atoms with van der Waals surface area (Å²) in [6.07, 6.45) is 1.36. The molecule has 0 saturated carbocycles. The summed E-state index contributed by atoms with van der Waals surface area (Å²) in [6, 6.07) is 27.1. The Balaban J connectivity index is 1.63. The fourth-order valence-corrected chi connectivity index (χ4v) is 4.28. The first kappa shape index (κ1) is 19.7. The largest absolute Gasteiger partial charge is 0.481 e. The molecule has 0 bridgehead atoms. The number of carboxylic acid groups (broad SMARTS) is 1. The van der Waals surface area contributed by atoms with Crippen molar-refractivity contribution in [3.05, 3.63) is 95.0 Å². The average molecular weight is 406 g/mol.